The molecule has 0 bridgehead atoms. The van der Waals surface area contributed by atoms with Crippen molar-refractivity contribution in [2.24, 2.45) is 0 Å². The summed E-state index contributed by atoms with van der Waals surface area (Å²) in [7, 11) is 1.67. The van der Waals surface area contributed by atoms with Crippen LogP contribution in [0.15, 0.2) is 23.1 Å². The number of amides is 1. The third kappa shape index (κ3) is 3.70. The molecule has 1 fully saturated rings. The van der Waals surface area contributed by atoms with Gasteiger partial charge in [-0.15, -0.1) is 12.6 Å². The van der Waals surface area contributed by atoms with Crippen molar-refractivity contribution in [2.75, 3.05) is 20.2 Å². The molecule has 1 heterocycles. The number of hydrogen-bond donors (Lipinski definition) is 1. The van der Waals surface area contributed by atoms with E-state index in [-0.39, 0.29) is 17.6 Å². The van der Waals surface area contributed by atoms with E-state index < -0.39 is 5.82 Å². The molecule has 0 N–H and O–H groups in total. The van der Waals surface area contributed by atoms with Gasteiger partial charge in [0.1, 0.15) is 5.82 Å². The highest BCUT2D eigenvalue weighted by molar-refractivity contribution is 7.80. The van der Waals surface area contributed by atoms with Crippen LogP contribution in [0, 0.1) is 5.82 Å². The molecule has 1 atom stereocenters. The summed E-state index contributed by atoms with van der Waals surface area (Å²) in [6.07, 6.45) is 3.20. The molecule has 0 aromatic heterocycles. The number of likely N-dealkylation sites (N-methyl/N-ethyl adjacent to an activating group) is 1. The number of nitrogens with zero attached hydrogens (tertiary/aromatic N) is 1. The van der Waals surface area contributed by atoms with Gasteiger partial charge >= 0.3 is 0 Å². The van der Waals surface area contributed by atoms with E-state index in [1.165, 1.54) is 23.1 Å². The minimum atomic E-state index is -0.515. The van der Waals surface area contributed by atoms with Gasteiger partial charge in [0.25, 0.3) is 5.91 Å². The van der Waals surface area contributed by atoms with Gasteiger partial charge in [-0.1, -0.05) is 0 Å². The average Bonchev–Trinajstić information content (AvgIpc) is 2.42. The van der Waals surface area contributed by atoms with Gasteiger partial charge in [0.2, 0.25) is 0 Å². The summed E-state index contributed by atoms with van der Waals surface area (Å²) in [6.45, 7) is 1.24. The third-order valence-corrected chi connectivity index (χ3v) is 3.56. The SMILES string of the molecule is CN(CC1CCCCO1)C(=O)c1cc(S)ccc1F. The second-order valence-corrected chi connectivity index (χ2v) is 5.35. The van der Waals surface area contributed by atoms with Gasteiger partial charge in [0.05, 0.1) is 11.7 Å². The predicted molar refractivity (Wildman–Crippen MR) is 74.2 cm³/mol. The Labute approximate surface area is 118 Å². The molecule has 1 aliphatic heterocycles. The number of rotatable bonds is 3. The maximum absolute atomic E-state index is 13.6. The minimum absolute atomic E-state index is 0.0601. The van der Waals surface area contributed by atoms with E-state index in [0.717, 1.165) is 25.9 Å². The standard InChI is InChI=1S/C14H18FNO2S/c1-16(9-10-4-2-3-7-18-10)14(17)12-8-11(19)5-6-13(12)15/h5-6,8,10,19H,2-4,7,9H2,1H3. The lowest BCUT2D eigenvalue weighted by Gasteiger charge is -2.27. The van der Waals surface area contributed by atoms with Crippen molar-refractivity contribution < 1.29 is 13.9 Å². The quantitative estimate of drug-likeness (QED) is 0.864. The topological polar surface area (TPSA) is 29.5 Å². The molecule has 19 heavy (non-hydrogen) atoms. The summed E-state index contributed by atoms with van der Waals surface area (Å²) in [5.74, 6) is -0.846. The van der Waals surface area contributed by atoms with Crippen LogP contribution >= 0.6 is 12.6 Å². The summed E-state index contributed by atoms with van der Waals surface area (Å²) < 4.78 is 19.2. The van der Waals surface area contributed by atoms with E-state index in [1.807, 2.05) is 0 Å². The first-order valence-electron chi connectivity index (χ1n) is 6.43. The van der Waals surface area contributed by atoms with Crippen LogP contribution in [0.2, 0.25) is 0 Å². The van der Waals surface area contributed by atoms with Crippen LogP contribution in [0.5, 0.6) is 0 Å². The smallest absolute Gasteiger partial charge is 0.256 e. The monoisotopic (exact) mass is 283 g/mol. The lowest BCUT2D eigenvalue weighted by molar-refractivity contribution is -0.000275. The Kier molecular flexibility index (Phi) is 4.82. The minimum Gasteiger partial charge on any atom is -0.376 e. The highest BCUT2D eigenvalue weighted by Crippen LogP contribution is 2.17. The van der Waals surface area contributed by atoms with E-state index >= 15 is 0 Å². The molecule has 1 aromatic carbocycles. The van der Waals surface area contributed by atoms with Gasteiger partial charge in [-0.05, 0) is 37.5 Å². The first kappa shape index (κ1) is 14.3. The molecule has 1 unspecified atom stereocenters. The zero-order chi connectivity index (χ0) is 13.8. The first-order valence-corrected chi connectivity index (χ1v) is 6.88. The molecule has 0 spiro atoms. The molecule has 3 nitrogen and oxygen atoms in total. The fraction of sp³-hybridized carbons (Fsp3) is 0.500. The van der Waals surface area contributed by atoms with Crippen molar-refractivity contribution in [1.29, 1.82) is 0 Å². The molecule has 0 radical (unpaired) electrons. The maximum atomic E-state index is 13.6. The lowest BCUT2D eigenvalue weighted by atomic mass is 10.1. The predicted octanol–water partition coefficient (Wildman–Crippen LogP) is 2.76. The number of carbonyl (C=O) groups excluding carboxylic acids is 1. The van der Waals surface area contributed by atoms with Crippen LogP contribution in [0.25, 0.3) is 0 Å². The van der Waals surface area contributed by atoms with E-state index in [2.05, 4.69) is 12.6 Å². The van der Waals surface area contributed by atoms with Crippen LogP contribution in [0.3, 0.4) is 0 Å². The Morgan fingerprint density at radius 3 is 3.00 bits per heavy atom. The molecule has 1 aromatic rings. The number of hydrogen-bond acceptors (Lipinski definition) is 3. The van der Waals surface area contributed by atoms with Crippen molar-refractivity contribution in [3.8, 4) is 0 Å². The van der Waals surface area contributed by atoms with Crippen LogP contribution < -0.4 is 0 Å². The van der Waals surface area contributed by atoms with Crippen molar-refractivity contribution in [2.45, 2.75) is 30.3 Å². The largest absolute Gasteiger partial charge is 0.376 e. The summed E-state index contributed by atoms with van der Waals surface area (Å²) in [5, 5.41) is 0. The maximum Gasteiger partial charge on any atom is 0.256 e. The number of halogens is 1. The normalized spacial score (nSPS) is 19.2. The molecule has 0 aliphatic carbocycles. The molecule has 1 aliphatic rings. The Morgan fingerprint density at radius 2 is 2.32 bits per heavy atom. The Bertz CT molecular complexity index is 461. The van der Waals surface area contributed by atoms with Crippen molar-refractivity contribution in [1.82, 2.24) is 4.90 Å². The molecule has 5 heteroatoms. The third-order valence-electron chi connectivity index (χ3n) is 3.28. The molecule has 0 saturated carbocycles. The van der Waals surface area contributed by atoms with Crippen molar-refractivity contribution in [3.63, 3.8) is 0 Å². The first-order chi connectivity index (χ1) is 9.08. The summed E-state index contributed by atoms with van der Waals surface area (Å²) >= 11 is 4.13. The van der Waals surface area contributed by atoms with Gasteiger partial charge in [-0.3, -0.25) is 4.79 Å². The lowest BCUT2D eigenvalue weighted by Crippen LogP contribution is -2.37. The number of thiol groups is 1. The molecule has 2 rings (SSSR count). The molecular formula is C14H18FNO2S. The van der Waals surface area contributed by atoms with Crippen molar-refractivity contribution in [3.05, 3.63) is 29.6 Å². The Morgan fingerprint density at radius 1 is 1.53 bits per heavy atom. The summed E-state index contributed by atoms with van der Waals surface area (Å²) in [5.41, 5.74) is 0.0609. The van der Waals surface area contributed by atoms with Gasteiger partial charge in [0, 0.05) is 25.1 Å². The molecule has 1 saturated heterocycles. The van der Waals surface area contributed by atoms with E-state index in [1.54, 1.807) is 7.05 Å². The van der Waals surface area contributed by atoms with Crippen LogP contribution in [-0.4, -0.2) is 37.1 Å². The van der Waals surface area contributed by atoms with Crippen LogP contribution in [0.4, 0.5) is 4.39 Å². The summed E-state index contributed by atoms with van der Waals surface area (Å²) in [4.78, 5) is 14.3. The summed E-state index contributed by atoms with van der Waals surface area (Å²) in [6, 6.07) is 4.25. The van der Waals surface area contributed by atoms with Gasteiger partial charge in [-0.2, -0.15) is 0 Å². The fourth-order valence-electron chi connectivity index (χ4n) is 2.22. The zero-order valence-corrected chi connectivity index (χ0v) is 11.8. The molecule has 1 amide bonds. The van der Waals surface area contributed by atoms with E-state index in [0.29, 0.717) is 11.4 Å². The number of benzene rings is 1. The van der Waals surface area contributed by atoms with Gasteiger partial charge in [-0.25, -0.2) is 4.39 Å². The molecule has 104 valence electrons. The van der Waals surface area contributed by atoms with Crippen LogP contribution in [0.1, 0.15) is 29.6 Å². The zero-order valence-electron chi connectivity index (χ0n) is 10.9. The second kappa shape index (κ2) is 6.39. The van der Waals surface area contributed by atoms with Gasteiger partial charge < -0.3 is 9.64 Å². The highest BCUT2D eigenvalue weighted by atomic mass is 32.1. The second-order valence-electron chi connectivity index (χ2n) is 4.84. The van der Waals surface area contributed by atoms with E-state index in [9.17, 15) is 9.18 Å². The number of ether oxygens (including phenoxy) is 1. The molecular weight excluding hydrogens is 265 g/mol. The van der Waals surface area contributed by atoms with Crippen molar-refractivity contribution >= 4 is 18.5 Å². The highest BCUT2D eigenvalue weighted by Gasteiger charge is 2.21. The van der Waals surface area contributed by atoms with Crippen LogP contribution in [-0.2, 0) is 4.74 Å². The average molecular weight is 283 g/mol. The number of carbonyl (C=O) groups is 1. The Balaban J connectivity index is 2.03. The van der Waals surface area contributed by atoms with Gasteiger partial charge in [0.15, 0.2) is 0 Å². The Hall–Kier alpha value is -1.07. The fourth-order valence-corrected chi connectivity index (χ4v) is 2.43. The van der Waals surface area contributed by atoms with E-state index in [4.69, 9.17) is 4.74 Å².